The van der Waals surface area contributed by atoms with E-state index < -0.39 is 0 Å². The summed E-state index contributed by atoms with van der Waals surface area (Å²) in [7, 11) is 0. The third-order valence-corrected chi connectivity index (χ3v) is 3.19. The zero-order valence-corrected chi connectivity index (χ0v) is 13.0. The fourth-order valence-corrected chi connectivity index (χ4v) is 1.87. The van der Waals surface area contributed by atoms with Crippen molar-refractivity contribution in [2.45, 2.75) is 71.1 Å². The molecule has 0 radical (unpaired) electrons. The van der Waals surface area contributed by atoms with Gasteiger partial charge in [-0.1, -0.05) is 19.8 Å². The number of allylic oxidation sites excluding steroid dienone is 2. The van der Waals surface area contributed by atoms with Gasteiger partial charge in [0.25, 0.3) is 0 Å². The molecule has 0 aliphatic heterocycles. The number of carbonyl (C=O) groups excluding carboxylic acids is 1. The molecule has 0 rings (SSSR count). The summed E-state index contributed by atoms with van der Waals surface area (Å²) in [5, 5.41) is 0. The second kappa shape index (κ2) is 14.0. The van der Waals surface area contributed by atoms with E-state index in [0.717, 1.165) is 12.8 Å². The van der Waals surface area contributed by atoms with E-state index in [1.54, 1.807) is 0 Å². The normalized spacial score (nSPS) is 10.9. The van der Waals surface area contributed by atoms with Crippen LogP contribution in [0.15, 0.2) is 12.2 Å². The molecule has 0 aromatic carbocycles. The van der Waals surface area contributed by atoms with Crippen molar-refractivity contribution in [2.75, 3.05) is 0 Å². The van der Waals surface area contributed by atoms with Crippen molar-refractivity contribution in [1.29, 1.82) is 0 Å². The van der Waals surface area contributed by atoms with E-state index in [1.165, 1.54) is 65.1 Å². The second-order valence-electron chi connectivity index (χ2n) is 4.38. The van der Waals surface area contributed by atoms with Crippen molar-refractivity contribution in [3.05, 3.63) is 12.2 Å². The average molecular weight is 321 g/mol. The molecule has 99 valence electrons. The third-order valence-electron chi connectivity index (χ3n) is 2.74. The average Bonchev–Trinajstić information content (AvgIpc) is 2.35. The van der Waals surface area contributed by atoms with Crippen LogP contribution >= 0.6 is 0 Å². The quantitative estimate of drug-likeness (QED) is 0.319. The molecule has 0 heterocycles. The summed E-state index contributed by atoms with van der Waals surface area (Å²) < 4.78 is 4.60. The Balaban J connectivity index is 3.08. The van der Waals surface area contributed by atoms with Crippen LogP contribution in [-0.2, 0) is 28.4 Å². The Morgan fingerprint density at radius 2 is 1.59 bits per heavy atom. The fraction of sp³-hybridized carbons (Fsp3) is 0.786. The van der Waals surface area contributed by atoms with E-state index >= 15 is 0 Å². The predicted octanol–water partition coefficient (Wildman–Crippen LogP) is 4.47. The second-order valence-corrected chi connectivity index (χ2v) is 4.79. The molecule has 0 aliphatic carbocycles. The molecule has 0 atom stereocenters. The van der Waals surface area contributed by atoms with E-state index in [1.807, 2.05) is 0 Å². The van der Waals surface area contributed by atoms with Gasteiger partial charge >= 0.3 is 97.9 Å². The number of carbonyl (C=O) groups is 1. The SMILES string of the molecule is CCCCC=CCCCCCCCC(=O)[O][Mo]. The van der Waals surface area contributed by atoms with Crippen molar-refractivity contribution in [1.82, 2.24) is 0 Å². The Hall–Kier alpha value is -0.102. The zero-order chi connectivity index (χ0) is 12.8. The topological polar surface area (TPSA) is 26.3 Å². The van der Waals surface area contributed by atoms with E-state index in [-0.39, 0.29) is 5.97 Å². The molecule has 0 aliphatic rings. The predicted molar refractivity (Wildman–Crippen MR) is 67.1 cm³/mol. The molecule has 3 heteroatoms. The summed E-state index contributed by atoms with van der Waals surface area (Å²) in [5.41, 5.74) is 0. The van der Waals surface area contributed by atoms with E-state index in [2.05, 4.69) is 22.5 Å². The van der Waals surface area contributed by atoms with E-state index in [0.29, 0.717) is 6.42 Å². The van der Waals surface area contributed by atoms with Crippen molar-refractivity contribution >= 4 is 5.97 Å². The van der Waals surface area contributed by atoms with Crippen LogP contribution in [0.3, 0.4) is 0 Å². The van der Waals surface area contributed by atoms with Gasteiger partial charge in [0.2, 0.25) is 0 Å². The van der Waals surface area contributed by atoms with Crippen molar-refractivity contribution in [2.24, 2.45) is 0 Å². The summed E-state index contributed by atoms with van der Waals surface area (Å²) >= 11 is 1.39. The Labute approximate surface area is 118 Å². The van der Waals surface area contributed by atoms with Gasteiger partial charge in [-0.15, -0.1) is 0 Å². The van der Waals surface area contributed by atoms with Crippen LogP contribution in [-0.4, -0.2) is 5.97 Å². The molecule has 0 amide bonds. The first-order valence-corrected chi connectivity index (χ1v) is 7.60. The van der Waals surface area contributed by atoms with Gasteiger partial charge in [-0.3, -0.25) is 0 Å². The van der Waals surface area contributed by atoms with Gasteiger partial charge in [0, 0.05) is 0 Å². The molecule has 2 nitrogen and oxygen atoms in total. The van der Waals surface area contributed by atoms with Crippen molar-refractivity contribution in [3.63, 3.8) is 0 Å². The summed E-state index contributed by atoms with van der Waals surface area (Å²) in [6, 6.07) is 0. The van der Waals surface area contributed by atoms with Gasteiger partial charge in [0.05, 0.1) is 0 Å². The number of hydrogen-bond donors (Lipinski definition) is 0. The Morgan fingerprint density at radius 3 is 2.24 bits per heavy atom. The molecule has 0 fully saturated rings. The van der Waals surface area contributed by atoms with E-state index in [4.69, 9.17) is 0 Å². The van der Waals surface area contributed by atoms with Crippen LogP contribution in [0.25, 0.3) is 0 Å². The van der Waals surface area contributed by atoms with Crippen molar-refractivity contribution < 1.29 is 28.4 Å². The summed E-state index contributed by atoms with van der Waals surface area (Å²) in [5.74, 6) is -0.0753. The van der Waals surface area contributed by atoms with E-state index in [9.17, 15) is 4.79 Å². The maximum absolute atomic E-state index is 10.8. The van der Waals surface area contributed by atoms with Gasteiger partial charge in [-0.2, -0.15) is 0 Å². The Kier molecular flexibility index (Phi) is 13.9. The maximum atomic E-state index is 10.8. The van der Waals surface area contributed by atoms with Gasteiger partial charge in [0.1, 0.15) is 0 Å². The summed E-state index contributed by atoms with van der Waals surface area (Å²) in [6.45, 7) is 2.22. The van der Waals surface area contributed by atoms with Crippen molar-refractivity contribution in [3.8, 4) is 0 Å². The summed E-state index contributed by atoms with van der Waals surface area (Å²) in [6.07, 6.45) is 16.1. The molecule has 0 N–H and O–H groups in total. The zero-order valence-electron chi connectivity index (χ0n) is 11.0. The molecule has 0 spiro atoms. The fourth-order valence-electron chi connectivity index (χ4n) is 1.66. The molecule has 0 saturated carbocycles. The number of hydrogen-bond acceptors (Lipinski definition) is 2. The molecule has 17 heavy (non-hydrogen) atoms. The first kappa shape index (κ1) is 16.9. The van der Waals surface area contributed by atoms with Crippen LogP contribution in [0.4, 0.5) is 0 Å². The third kappa shape index (κ3) is 13.8. The van der Waals surface area contributed by atoms with Crippen LogP contribution in [0.2, 0.25) is 0 Å². The van der Waals surface area contributed by atoms with Crippen LogP contribution in [0, 0.1) is 0 Å². The molecular weight excluding hydrogens is 296 g/mol. The molecule has 0 bridgehead atoms. The first-order valence-electron chi connectivity index (χ1n) is 6.79. The number of unbranched alkanes of at least 4 members (excludes halogenated alkanes) is 7. The first-order chi connectivity index (χ1) is 8.31. The van der Waals surface area contributed by atoms with Crippen LogP contribution < -0.4 is 0 Å². The van der Waals surface area contributed by atoms with Crippen LogP contribution in [0.5, 0.6) is 0 Å². The molecule has 0 unspecified atom stereocenters. The minimum absolute atomic E-state index is 0.0753. The Bertz CT molecular complexity index is 202. The molecular formula is C14H25MoO2. The number of rotatable bonds is 11. The summed E-state index contributed by atoms with van der Waals surface area (Å²) in [4.78, 5) is 10.8. The standard InChI is InChI=1S/C14H26O2.Mo/c1-2-3-4-5-6-7-8-9-10-11-12-13-14(15)16;/h5-6H,2-4,7-13H2,1H3,(H,15,16);/q;+1/p-1. The van der Waals surface area contributed by atoms with Gasteiger partial charge in [0.15, 0.2) is 0 Å². The van der Waals surface area contributed by atoms with Crippen LogP contribution in [0.1, 0.15) is 71.1 Å². The van der Waals surface area contributed by atoms with Gasteiger partial charge in [-0.25, -0.2) is 0 Å². The van der Waals surface area contributed by atoms with Gasteiger partial charge in [-0.05, 0) is 0 Å². The Morgan fingerprint density at radius 1 is 1.00 bits per heavy atom. The molecule has 0 saturated heterocycles. The monoisotopic (exact) mass is 323 g/mol. The molecule has 0 aromatic rings. The van der Waals surface area contributed by atoms with Gasteiger partial charge < -0.3 is 0 Å². The molecule has 0 aromatic heterocycles. The minimum atomic E-state index is -0.0753.